The van der Waals surface area contributed by atoms with Gasteiger partial charge in [-0.3, -0.25) is 0 Å². The van der Waals surface area contributed by atoms with Gasteiger partial charge in [-0.05, 0) is 22.0 Å². The molecule has 0 unspecified atom stereocenters. The first-order chi connectivity index (χ1) is 6.09. The summed E-state index contributed by atoms with van der Waals surface area (Å²) in [7, 11) is 3.77. The van der Waals surface area contributed by atoms with E-state index in [4.69, 9.17) is 11.6 Å². The maximum Gasteiger partial charge on any atom is 0.172 e. The molecule has 0 amide bonds. The van der Waals surface area contributed by atoms with Gasteiger partial charge in [0.15, 0.2) is 5.82 Å². The predicted molar refractivity (Wildman–Crippen MR) is 58.8 cm³/mol. The zero-order valence-corrected chi connectivity index (χ0v) is 9.67. The van der Waals surface area contributed by atoms with E-state index in [9.17, 15) is 0 Å². The maximum absolute atomic E-state index is 5.89. The van der Waals surface area contributed by atoms with Crippen LogP contribution in [0.1, 0.15) is 0 Å². The van der Waals surface area contributed by atoms with Crippen LogP contribution in [0.2, 0.25) is 5.02 Å². The number of nitrogens with zero attached hydrogens (tertiary/aromatic N) is 3. The van der Waals surface area contributed by atoms with Gasteiger partial charge in [-0.15, -0.1) is 0 Å². The van der Waals surface area contributed by atoms with Crippen LogP contribution in [-0.2, 0) is 0 Å². The van der Waals surface area contributed by atoms with E-state index in [-0.39, 0.29) is 0 Å². The molecule has 0 fully saturated rings. The smallest absolute Gasteiger partial charge is 0.172 e. The highest BCUT2D eigenvalue weighted by molar-refractivity contribution is 9.10. The average molecular weight is 263 g/mol. The van der Waals surface area contributed by atoms with Gasteiger partial charge in [-0.1, -0.05) is 11.6 Å². The Bertz CT molecular complexity index is 325. The number of rotatable bonds is 2. The summed E-state index contributed by atoms with van der Waals surface area (Å²) in [6.45, 7) is 0. The van der Waals surface area contributed by atoms with Gasteiger partial charge >= 0.3 is 0 Å². The van der Waals surface area contributed by atoms with Crippen LogP contribution >= 0.6 is 27.5 Å². The fourth-order valence-corrected chi connectivity index (χ4v) is 1.35. The molecule has 0 aliphatic rings. The fraction of sp³-hybridized carbons (Fsp3) is 0.250. The van der Waals surface area contributed by atoms with Gasteiger partial charge in [0.25, 0.3) is 0 Å². The van der Waals surface area contributed by atoms with E-state index in [1.165, 1.54) is 0 Å². The molecule has 13 heavy (non-hydrogen) atoms. The minimum atomic E-state index is 0.526. The second-order valence-corrected chi connectivity index (χ2v) is 3.99. The molecule has 5 heteroatoms. The number of pyridine rings is 1. The van der Waals surface area contributed by atoms with Crippen molar-refractivity contribution in [1.29, 1.82) is 0 Å². The van der Waals surface area contributed by atoms with Crippen molar-refractivity contribution in [3.63, 3.8) is 0 Å². The van der Waals surface area contributed by atoms with Crippen molar-refractivity contribution in [2.24, 2.45) is 4.99 Å². The lowest BCUT2D eigenvalue weighted by atomic mass is 10.5. The van der Waals surface area contributed by atoms with Crippen molar-refractivity contribution in [3.8, 4) is 0 Å². The highest BCUT2D eigenvalue weighted by atomic mass is 79.9. The Morgan fingerprint density at radius 1 is 1.62 bits per heavy atom. The summed E-state index contributed by atoms with van der Waals surface area (Å²) in [5.41, 5.74) is 0. The van der Waals surface area contributed by atoms with Crippen LogP contribution in [-0.4, -0.2) is 30.3 Å². The molecule has 0 saturated carbocycles. The predicted octanol–water partition coefficient (Wildman–Crippen LogP) is 2.72. The number of aliphatic imine (C=N–C) groups is 1. The first kappa shape index (κ1) is 10.5. The van der Waals surface area contributed by atoms with E-state index < -0.39 is 0 Å². The van der Waals surface area contributed by atoms with Crippen molar-refractivity contribution in [2.45, 2.75) is 0 Å². The van der Waals surface area contributed by atoms with Crippen molar-refractivity contribution >= 4 is 39.7 Å². The molecule has 70 valence electrons. The van der Waals surface area contributed by atoms with Gasteiger partial charge in [0, 0.05) is 24.8 Å². The van der Waals surface area contributed by atoms with Crippen LogP contribution in [0.5, 0.6) is 0 Å². The first-order valence-electron chi connectivity index (χ1n) is 3.61. The normalized spacial score (nSPS) is 10.8. The monoisotopic (exact) mass is 261 g/mol. The zero-order valence-electron chi connectivity index (χ0n) is 7.33. The van der Waals surface area contributed by atoms with Gasteiger partial charge < -0.3 is 4.90 Å². The summed E-state index contributed by atoms with van der Waals surface area (Å²) in [5.74, 6) is 0.526. The third-order valence-corrected chi connectivity index (χ3v) is 1.91. The second kappa shape index (κ2) is 4.58. The van der Waals surface area contributed by atoms with Crippen LogP contribution in [0.4, 0.5) is 5.82 Å². The molecule has 0 N–H and O–H groups in total. The first-order valence-corrected chi connectivity index (χ1v) is 4.78. The molecule has 0 spiro atoms. The number of aromatic nitrogens is 1. The van der Waals surface area contributed by atoms with Gasteiger partial charge in [0.2, 0.25) is 0 Å². The van der Waals surface area contributed by atoms with Crippen molar-refractivity contribution in [1.82, 2.24) is 9.88 Å². The molecule has 1 aromatic rings. The van der Waals surface area contributed by atoms with Crippen LogP contribution in [0.25, 0.3) is 0 Å². The molecule has 0 saturated heterocycles. The van der Waals surface area contributed by atoms with Gasteiger partial charge in [0.05, 0.1) is 11.4 Å². The highest BCUT2D eigenvalue weighted by Gasteiger charge is 1.99. The standard InChI is InChI=1S/C8H9BrClN3/c1-13(2)5-12-8-7(10)3-6(9)4-11-8/h3-5H,1-2H3/b12-5+. The van der Waals surface area contributed by atoms with Crippen molar-refractivity contribution in [3.05, 3.63) is 21.8 Å². The largest absolute Gasteiger partial charge is 0.369 e. The molecule has 1 heterocycles. The average Bonchev–Trinajstić information content (AvgIpc) is 2.02. The third kappa shape index (κ3) is 3.32. The fourth-order valence-electron chi connectivity index (χ4n) is 0.673. The Hall–Kier alpha value is -0.610. The summed E-state index contributed by atoms with van der Waals surface area (Å²) in [6.07, 6.45) is 3.32. The second-order valence-electron chi connectivity index (χ2n) is 2.67. The van der Waals surface area contributed by atoms with Crippen LogP contribution in [0.3, 0.4) is 0 Å². The Labute approximate surface area is 90.6 Å². The zero-order chi connectivity index (χ0) is 9.84. The third-order valence-electron chi connectivity index (χ3n) is 1.20. The highest BCUT2D eigenvalue weighted by Crippen LogP contribution is 2.24. The van der Waals surface area contributed by atoms with Gasteiger partial charge in [-0.2, -0.15) is 0 Å². The summed E-state index contributed by atoms with van der Waals surface area (Å²) in [6, 6.07) is 1.76. The molecule has 0 aliphatic carbocycles. The van der Waals surface area contributed by atoms with Gasteiger partial charge in [-0.25, -0.2) is 9.98 Å². The Kier molecular flexibility index (Phi) is 3.69. The molecule has 0 atom stereocenters. The summed E-state index contributed by atoms with van der Waals surface area (Å²) >= 11 is 9.16. The Balaban J connectivity index is 2.90. The number of hydrogen-bond acceptors (Lipinski definition) is 2. The van der Waals surface area contributed by atoms with Crippen LogP contribution < -0.4 is 0 Å². The van der Waals surface area contributed by atoms with Crippen LogP contribution in [0.15, 0.2) is 21.7 Å². The minimum absolute atomic E-state index is 0.526. The molecule has 1 rings (SSSR count). The Morgan fingerprint density at radius 3 is 2.85 bits per heavy atom. The molecule has 0 aliphatic heterocycles. The summed E-state index contributed by atoms with van der Waals surface area (Å²) < 4.78 is 0.848. The Morgan fingerprint density at radius 2 is 2.31 bits per heavy atom. The lowest BCUT2D eigenvalue weighted by molar-refractivity contribution is 0.643. The molecular formula is C8H9BrClN3. The molecule has 0 aromatic carbocycles. The van der Waals surface area contributed by atoms with E-state index in [1.807, 2.05) is 19.0 Å². The van der Waals surface area contributed by atoms with Crippen molar-refractivity contribution in [2.75, 3.05) is 14.1 Å². The SMILES string of the molecule is CN(C)/C=N/c1ncc(Br)cc1Cl. The lowest BCUT2D eigenvalue weighted by Gasteiger charge is -2.02. The summed E-state index contributed by atoms with van der Waals surface area (Å²) in [5, 5.41) is 0.535. The topological polar surface area (TPSA) is 28.5 Å². The van der Waals surface area contributed by atoms with Gasteiger partial charge in [0.1, 0.15) is 0 Å². The summed E-state index contributed by atoms with van der Waals surface area (Å²) in [4.78, 5) is 9.95. The molecule has 0 radical (unpaired) electrons. The molecule has 1 aromatic heterocycles. The minimum Gasteiger partial charge on any atom is -0.369 e. The number of halogens is 2. The van der Waals surface area contributed by atoms with Crippen molar-refractivity contribution < 1.29 is 0 Å². The lowest BCUT2D eigenvalue weighted by Crippen LogP contribution is -2.07. The van der Waals surface area contributed by atoms with E-state index in [0.717, 1.165) is 4.47 Å². The number of hydrogen-bond donors (Lipinski definition) is 0. The van der Waals surface area contributed by atoms with E-state index >= 15 is 0 Å². The quantitative estimate of drug-likeness (QED) is 0.606. The van der Waals surface area contributed by atoms with Crippen LogP contribution in [0, 0.1) is 0 Å². The molecule has 0 bridgehead atoms. The van der Waals surface area contributed by atoms with E-state index in [0.29, 0.717) is 10.8 Å². The van der Waals surface area contributed by atoms with E-state index in [1.54, 1.807) is 18.6 Å². The molecular weight excluding hydrogens is 253 g/mol. The maximum atomic E-state index is 5.89. The molecule has 3 nitrogen and oxygen atoms in total. The van der Waals surface area contributed by atoms with E-state index in [2.05, 4.69) is 25.9 Å².